The Morgan fingerprint density at radius 1 is 1.22 bits per heavy atom. The molecule has 6 heteroatoms. The number of aryl methyl sites for hydroxylation is 3. The van der Waals surface area contributed by atoms with Crippen LogP contribution in [0.3, 0.4) is 0 Å². The lowest BCUT2D eigenvalue weighted by molar-refractivity contribution is -0.131. The molecular formula is C17H19N3O2S. The summed E-state index contributed by atoms with van der Waals surface area (Å²) in [6.45, 7) is 7.83. The number of imide groups is 1. The van der Waals surface area contributed by atoms with Crippen LogP contribution in [0.15, 0.2) is 24.3 Å². The Hall–Kier alpha value is -2.21. The molecule has 0 spiro atoms. The number of thiazole rings is 1. The van der Waals surface area contributed by atoms with Crippen LogP contribution >= 0.6 is 11.3 Å². The Balaban J connectivity index is 1.92. The van der Waals surface area contributed by atoms with Crippen LogP contribution in [0.25, 0.3) is 0 Å². The summed E-state index contributed by atoms with van der Waals surface area (Å²) in [5, 5.41) is 3.62. The van der Waals surface area contributed by atoms with Crippen LogP contribution in [0, 0.1) is 20.8 Å². The number of amides is 3. The van der Waals surface area contributed by atoms with Crippen LogP contribution in [-0.2, 0) is 16.9 Å². The van der Waals surface area contributed by atoms with Crippen LogP contribution in [0.5, 0.6) is 0 Å². The fraction of sp³-hybridized carbons (Fsp3) is 0.353. The number of urea groups is 1. The highest BCUT2D eigenvalue weighted by atomic mass is 32.1. The van der Waals surface area contributed by atoms with Gasteiger partial charge in [0.2, 0.25) is 0 Å². The molecule has 23 heavy (non-hydrogen) atoms. The van der Waals surface area contributed by atoms with Gasteiger partial charge in [-0.05, 0) is 38.8 Å². The van der Waals surface area contributed by atoms with E-state index in [-0.39, 0.29) is 18.5 Å². The molecule has 3 rings (SSSR count). The molecule has 1 aliphatic heterocycles. The molecule has 0 bridgehead atoms. The Morgan fingerprint density at radius 2 is 1.91 bits per heavy atom. The van der Waals surface area contributed by atoms with E-state index in [9.17, 15) is 9.59 Å². The average Bonchev–Trinajstić information content (AvgIpc) is 2.92. The summed E-state index contributed by atoms with van der Waals surface area (Å²) in [4.78, 5) is 32.0. The Kier molecular flexibility index (Phi) is 3.72. The lowest BCUT2D eigenvalue weighted by Gasteiger charge is -2.24. The minimum Gasteiger partial charge on any atom is -0.319 e. The lowest BCUT2D eigenvalue weighted by atomic mass is 9.88. The fourth-order valence-corrected chi connectivity index (χ4v) is 3.82. The Morgan fingerprint density at radius 3 is 2.52 bits per heavy atom. The van der Waals surface area contributed by atoms with Crippen molar-refractivity contribution in [1.82, 2.24) is 15.2 Å². The van der Waals surface area contributed by atoms with Crippen molar-refractivity contribution in [3.05, 3.63) is 51.0 Å². The highest BCUT2D eigenvalue weighted by Crippen LogP contribution is 2.32. The van der Waals surface area contributed by atoms with Gasteiger partial charge in [0, 0.05) is 4.88 Å². The van der Waals surface area contributed by atoms with E-state index < -0.39 is 5.54 Å². The number of hydrogen-bond acceptors (Lipinski definition) is 4. The van der Waals surface area contributed by atoms with Gasteiger partial charge >= 0.3 is 6.03 Å². The topological polar surface area (TPSA) is 62.3 Å². The van der Waals surface area contributed by atoms with Crippen molar-refractivity contribution in [2.75, 3.05) is 0 Å². The maximum atomic E-state index is 12.9. The number of hydrogen-bond donors (Lipinski definition) is 1. The normalized spacial score (nSPS) is 21.0. The Bertz CT molecular complexity index is 779. The summed E-state index contributed by atoms with van der Waals surface area (Å²) in [6, 6.07) is 7.25. The second-order valence-electron chi connectivity index (χ2n) is 6.01. The highest BCUT2D eigenvalue weighted by Gasteiger charge is 2.49. The van der Waals surface area contributed by atoms with E-state index in [1.54, 1.807) is 6.92 Å². The zero-order valence-corrected chi connectivity index (χ0v) is 14.5. The van der Waals surface area contributed by atoms with Gasteiger partial charge in [-0.2, -0.15) is 0 Å². The molecule has 120 valence electrons. The molecule has 1 aliphatic rings. The van der Waals surface area contributed by atoms with E-state index in [4.69, 9.17) is 0 Å². The molecule has 1 atom stereocenters. The molecule has 0 aliphatic carbocycles. The Labute approximate surface area is 139 Å². The first kappa shape index (κ1) is 15.7. The summed E-state index contributed by atoms with van der Waals surface area (Å²) >= 11 is 1.52. The van der Waals surface area contributed by atoms with Crippen molar-refractivity contribution in [3.8, 4) is 0 Å². The van der Waals surface area contributed by atoms with E-state index in [0.29, 0.717) is 0 Å². The summed E-state index contributed by atoms with van der Waals surface area (Å²) in [7, 11) is 0. The van der Waals surface area contributed by atoms with Gasteiger partial charge in [-0.3, -0.25) is 9.69 Å². The SMILES string of the molecule is Cc1ccccc1C1(C)NC(=O)N(Cc2nc(C)c(C)s2)C1=O. The molecule has 1 unspecified atom stereocenters. The molecule has 0 saturated carbocycles. The predicted molar refractivity (Wildman–Crippen MR) is 89.2 cm³/mol. The number of nitrogens with zero attached hydrogens (tertiary/aromatic N) is 2. The fourth-order valence-electron chi connectivity index (χ4n) is 2.90. The third-order valence-electron chi connectivity index (χ3n) is 4.32. The molecule has 3 amide bonds. The molecule has 1 N–H and O–H groups in total. The summed E-state index contributed by atoms with van der Waals surface area (Å²) < 4.78 is 0. The zero-order valence-electron chi connectivity index (χ0n) is 13.6. The van der Waals surface area contributed by atoms with E-state index in [1.807, 2.05) is 45.0 Å². The quantitative estimate of drug-likeness (QED) is 0.881. The first-order chi connectivity index (χ1) is 10.8. The molecule has 5 nitrogen and oxygen atoms in total. The molecule has 1 saturated heterocycles. The summed E-state index contributed by atoms with van der Waals surface area (Å²) in [5.74, 6) is -0.234. The van der Waals surface area contributed by atoms with Gasteiger partial charge in [0.05, 0.1) is 12.2 Å². The van der Waals surface area contributed by atoms with Crippen LogP contribution < -0.4 is 5.32 Å². The van der Waals surface area contributed by atoms with Crippen LogP contribution in [0.2, 0.25) is 0 Å². The summed E-state index contributed by atoms with van der Waals surface area (Å²) in [6.07, 6.45) is 0. The van der Waals surface area contributed by atoms with Crippen LogP contribution in [-0.4, -0.2) is 21.8 Å². The molecule has 1 aromatic heterocycles. The third kappa shape index (κ3) is 2.53. The van der Waals surface area contributed by atoms with Crippen LogP contribution in [0.1, 0.15) is 33.6 Å². The first-order valence-electron chi connectivity index (χ1n) is 7.46. The number of rotatable bonds is 3. The maximum absolute atomic E-state index is 12.9. The molecule has 0 radical (unpaired) electrons. The van der Waals surface area contributed by atoms with Gasteiger partial charge in [0.15, 0.2) is 0 Å². The van der Waals surface area contributed by atoms with Gasteiger partial charge in [0.1, 0.15) is 10.5 Å². The third-order valence-corrected chi connectivity index (χ3v) is 5.38. The second kappa shape index (κ2) is 5.45. The van der Waals surface area contributed by atoms with E-state index in [0.717, 1.165) is 26.7 Å². The number of aromatic nitrogens is 1. The maximum Gasteiger partial charge on any atom is 0.325 e. The zero-order chi connectivity index (χ0) is 16.8. The van der Waals surface area contributed by atoms with E-state index in [1.165, 1.54) is 16.2 Å². The van der Waals surface area contributed by atoms with Crippen LogP contribution in [0.4, 0.5) is 4.79 Å². The lowest BCUT2D eigenvalue weighted by Crippen LogP contribution is -2.41. The van der Waals surface area contributed by atoms with Crippen molar-refractivity contribution < 1.29 is 9.59 Å². The first-order valence-corrected chi connectivity index (χ1v) is 8.27. The van der Waals surface area contributed by atoms with Crippen molar-refractivity contribution in [2.24, 2.45) is 0 Å². The number of nitrogens with one attached hydrogen (secondary N) is 1. The minimum atomic E-state index is -1.02. The van der Waals surface area contributed by atoms with E-state index in [2.05, 4.69) is 10.3 Å². The standard InChI is InChI=1S/C17H19N3O2S/c1-10-7-5-6-8-13(10)17(4)15(21)20(16(22)19-17)9-14-18-11(2)12(3)23-14/h5-8H,9H2,1-4H3,(H,19,22). The van der Waals surface area contributed by atoms with E-state index >= 15 is 0 Å². The average molecular weight is 329 g/mol. The number of carbonyl (C=O) groups excluding carboxylic acids is 2. The van der Waals surface area contributed by atoms with Crippen molar-refractivity contribution >= 4 is 23.3 Å². The minimum absolute atomic E-state index is 0.214. The smallest absolute Gasteiger partial charge is 0.319 e. The molecular weight excluding hydrogens is 310 g/mol. The second-order valence-corrected chi connectivity index (χ2v) is 7.30. The summed E-state index contributed by atoms with van der Waals surface area (Å²) in [5.41, 5.74) is 1.72. The molecule has 1 aromatic carbocycles. The van der Waals surface area contributed by atoms with Crippen molar-refractivity contribution in [2.45, 2.75) is 39.8 Å². The highest BCUT2D eigenvalue weighted by molar-refractivity contribution is 7.11. The molecule has 1 fully saturated rings. The van der Waals surface area contributed by atoms with Gasteiger partial charge in [-0.1, -0.05) is 24.3 Å². The van der Waals surface area contributed by atoms with Crippen molar-refractivity contribution in [1.29, 1.82) is 0 Å². The molecule has 2 aromatic rings. The number of carbonyl (C=O) groups is 2. The van der Waals surface area contributed by atoms with Gasteiger partial charge in [-0.15, -0.1) is 11.3 Å². The van der Waals surface area contributed by atoms with Crippen molar-refractivity contribution in [3.63, 3.8) is 0 Å². The van der Waals surface area contributed by atoms with Gasteiger partial charge < -0.3 is 5.32 Å². The monoisotopic (exact) mass is 329 g/mol. The largest absolute Gasteiger partial charge is 0.325 e. The molecule has 2 heterocycles. The number of benzene rings is 1. The van der Waals surface area contributed by atoms with Gasteiger partial charge in [0.25, 0.3) is 5.91 Å². The predicted octanol–water partition coefficient (Wildman–Crippen LogP) is 3.04. The van der Waals surface area contributed by atoms with Gasteiger partial charge in [-0.25, -0.2) is 9.78 Å².